The lowest BCUT2D eigenvalue weighted by molar-refractivity contribution is -0.121. The van der Waals surface area contributed by atoms with Crippen molar-refractivity contribution in [1.82, 2.24) is 14.9 Å². The fourth-order valence-electron chi connectivity index (χ4n) is 3.09. The summed E-state index contributed by atoms with van der Waals surface area (Å²) in [6.07, 6.45) is 5.69. The molecule has 1 aromatic carbocycles. The van der Waals surface area contributed by atoms with Crippen molar-refractivity contribution in [3.05, 3.63) is 62.8 Å². The third-order valence-corrected chi connectivity index (χ3v) is 6.27. The molecule has 29 heavy (non-hydrogen) atoms. The average Bonchev–Trinajstić information content (AvgIpc) is 3.33. The number of nitrogens with one attached hydrogen (secondary N) is 1. The van der Waals surface area contributed by atoms with E-state index in [4.69, 9.17) is 9.47 Å². The number of aromatic nitrogens is 2. The molecule has 0 radical (unpaired) electrons. The molecule has 0 bridgehead atoms. The number of benzene rings is 1. The van der Waals surface area contributed by atoms with Crippen molar-refractivity contribution in [3.8, 4) is 11.5 Å². The zero-order valence-corrected chi connectivity index (χ0v) is 19.0. The minimum atomic E-state index is -0.401. The number of rotatable bonds is 9. The quantitative estimate of drug-likeness (QED) is 0.492. The molecule has 8 heteroatoms. The summed E-state index contributed by atoms with van der Waals surface area (Å²) in [5.74, 6) is 2.05. The Bertz CT molecular complexity index is 947. The number of halogens is 1. The van der Waals surface area contributed by atoms with Crippen molar-refractivity contribution < 1.29 is 14.3 Å². The van der Waals surface area contributed by atoms with Crippen LogP contribution in [0.15, 0.2) is 46.5 Å². The molecule has 0 saturated carbocycles. The lowest BCUT2D eigenvalue weighted by atomic mass is 10.0. The predicted molar refractivity (Wildman–Crippen MR) is 118 cm³/mol. The molecule has 1 amide bonds. The number of carbonyl (C=O) groups excluding carboxylic acids is 1. The number of hydrogen-bond donors (Lipinski definition) is 1. The number of nitrogens with zero attached hydrogens (tertiary/aromatic N) is 2. The van der Waals surface area contributed by atoms with E-state index in [0.29, 0.717) is 17.9 Å². The molecule has 2 heterocycles. The van der Waals surface area contributed by atoms with E-state index in [1.807, 2.05) is 36.0 Å². The largest absolute Gasteiger partial charge is 0.497 e. The van der Waals surface area contributed by atoms with Crippen LogP contribution in [0.25, 0.3) is 0 Å². The van der Waals surface area contributed by atoms with Gasteiger partial charge in [-0.2, -0.15) is 0 Å². The van der Waals surface area contributed by atoms with Gasteiger partial charge in [-0.3, -0.25) is 4.79 Å². The van der Waals surface area contributed by atoms with Crippen LogP contribution in [0.2, 0.25) is 0 Å². The first-order chi connectivity index (χ1) is 14.0. The number of carbonyl (C=O) groups is 1. The van der Waals surface area contributed by atoms with Gasteiger partial charge < -0.3 is 19.4 Å². The van der Waals surface area contributed by atoms with E-state index in [2.05, 4.69) is 32.3 Å². The van der Waals surface area contributed by atoms with E-state index in [9.17, 15) is 4.79 Å². The SMILES string of the molecule is COc1cc(OC)cc(C(NC(=O)CCCc2ccc(Br)s2)c2nccn2C)c1. The third-order valence-electron chi connectivity index (χ3n) is 4.58. The van der Waals surface area contributed by atoms with Crippen molar-refractivity contribution in [3.63, 3.8) is 0 Å². The molecule has 3 aromatic rings. The maximum atomic E-state index is 12.7. The van der Waals surface area contributed by atoms with Crippen molar-refractivity contribution in [2.75, 3.05) is 14.2 Å². The molecule has 3 rings (SSSR count). The zero-order valence-electron chi connectivity index (χ0n) is 16.6. The summed E-state index contributed by atoms with van der Waals surface area (Å²) in [4.78, 5) is 18.4. The summed E-state index contributed by atoms with van der Waals surface area (Å²) in [5, 5.41) is 3.13. The Balaban J connectivity index is 1.76. The molecule has 0 fully saturated rings. The lowest BCUT2D eigenvalue weighted by Crippen LogP contribution is -2.31. The molecule has 0 aliphatic rings. The summed E-state index contributed by atoms with van der Waals surface area (Å²) in [7, 11) is 5.12. The fourth-order valence-corrected chi connectivity index (χ4v) is 4.62. The Hall–Kier alpha value is -2.32. The molecule has 6 nitrogen and oxygen atoms in total. The molecule has 2 aromatic heterocycles. The zero-order chi connectivity index (χ0) is 20.8. The van der Waals surface area contributed by atoms with Gasteiger partial charge in [0.05, 0.1) is 18.0 Å². The number of methoxy groups -OCH3 is 2. The van der Waals surface area contributed by atoms with Gasteiger partial charge in [0, 0.05) is 36.8 Å². The Morgan fingerprint density at radius 3 is 2.52 bits per heavy atom. The Labute approximate surface area is 183 Å². The van der Waals surface area contributed by atoms with Crippen LogP contribution in [0.5, 0.6) is 11.5 Å². The number of thiophene rings is 1. The van der Waals surface area contributed by atoms with Gasteiger partial charge in [0.25, 0.3) is 0 Å². The van der Waals surface area contributed by atoms with E-state index >= 15 is 0 Å². The van der Waals surface area contributed by atoms with Gasteiger partial charge in [-0.1, -0.05) is 0 Å². The summed E-state index contributed by atoms with van der Waals surface area (Å²) in [6, 6.07) is 9.32. The second-order valence-corrected chi connectivity index (χ2v) is 9.15. The fraction of sp³-hybridized carbons (Fsp3) is 0.333. The lowest BCUT2D eigenvalue weighted by Gasteiger charge is -2.20. The molecule has 1 N–H and O–H groups in total. The van der Waals surface area contributed by atoms with Gasteiger partial charge in [-0.25, -0.2) is 4.98 Å². The molecule has 0 aliphatic carbocycles. The average molecular weight is 478 g/mol. The maximum absolute atomic E-state index is 12.7. The van der Waals surface area contributed by atoms with E-state index in [1.54, 1.807) is 37.8 Å². The van der Waals surface area contributed by atoms with Gasteiger partial charge in [0.15, 0.2) is 0 Å². The van der Waals surface area contributed by atoms with E-state index in [1.165, 1.54) is 4.88 Å². The first-order valence-electron chi connectivity index (χ1n) is 9.24. The van der Waals surface area contributed by atoms with Crippen LogP contribution in [0.3, 0.4) is 0 Å². The number of aryl methyl sites for hydroxylation is 2. The molecule has 0 spiro atoms. The standard InChI is InChI=1S/C21H24BrN3O3S/c1-25-10-9-23-21(25)20(14-11-15(27-2)13-16(12-14)28-3)24-19(26)6-4-5-17-7-8-18(22)29-17/h7-13,20H,4-6H2,1-3H3,(H,24,26). The van der Waals surface area contributed by atoms with Crippen LogP contribution in [0.4, 0.5) is 0 Å². The predicted octanol–water partition coefficient (Wildman–Crippen LogP) is 4.49. The molecule has 0 aliphatic heterocycles. The molecular weight excluding hydrogens is 454 g/mol. The molecule has 1 atom stereocenters. The van der Waals surface area contributed by atoms with Crippen LogP contribution in [-0.2, 0) is 18.3 Å². The molecule has 154 valence electrons. The van der Waals surface area contributed by atoms with E-state index in [0.717, 1.165) is 28.0 Å². The minimum absolute atomic E-state index is 0.0181. The maximum Gasteiger partial charge on any atom is 0.220 e. The second kappa shape index (κ2) is 9.93. The molecule has 1 unspecified atom stereocenters. The minimum Gasteiger partial charge on any atom is -0.497 e. The Morgan fingerprint density at radius 1 is 1.24 bits per heavy atom. The van der Waals surface area contributed by atoms with Gasteiger partial charge >= 0.3 is 0 Å². The van der Waals surface area contributed by atoms with Crippen LogP contribution in [0, 0.1) is 0 Å². The highest BCUT2D eigenvalue weighted by atomic mass is 79.9. The van der Waals surface area contributed by atoms with Gasteiger partial charge in [-0.15, -0.1) is 11.3 Å². The van der Waals surface area contributed by atoms with Crippen LogP contribution >= 0.6 is 27.3 Å². The monoisotopic (exact) mass is 477 g/mol. The van der Waals surface area contributed by atoms with Crippen molar-refractivity contribution in [1.29, 1.82) is 0 Å². The Morgan fingerprint density at radius 2 is 1.97 bits per heavy atom. The number of hydrogen-bond acceptors (Lipinski definition) is 5. The summed E-state index contributed by atoms with van der Waals surface area (Å²) in [6.45, 7) is 0. The summed E-state index contributed by atoms with van der Waals surface area (Å²) in [5.41, 5.74) is 0.853. The number of imidazole rings is 1. The summed E-state index contributed by atoms with van der Waals surface area (Å²) < 4.78 is 13.8. The van der Waals surface area contributed by atoms with Crippen molar-refractivity contribution in [2.45, 2.75) is 25.3 Å². The van der Waals surface area contributed by atoms with Crippen molar-refractivity contribution >= 4 is 33.2 Å². The van der Waals surface area contributed by atoms with Gasteiger partial charge in [0.1, 0.15) is 23.4 Å². The first kappa shape index (κ1) is 21.4. The smallest absolute Gasteiger partial charge is 0.220 e. The number of amides is 1. The van der Waals surface area contributed by atoms with Gasteiger partial charge in [-0.05, 0) is 58.6 Å². The van der Waals surface area contributed by atoms with Crippen LogP contribution in [-0.4, -0.2) is 29.7 Å². The normalized spacial score (nSPS) is 11.9. The number of ether oxygens (including phenoxy) is 2. The van der Waals surface area contributed by atoms with Crippen LogP contribution in [0.1, 0.15) is 35.1 Å². The summed E-state index contributed by atoms with van der Waals surface area (Å²) >= 11 is 5.18. The highest BCUT2D eigenvalue weighted by Crippen LogP contribution is 2.29. The van der Waals surface area contributed by atoms with E-state index < -0.39 is 6.04 Å². The highest BCUT2D eigenvalue weighted by molar-refractivity contribution is 9.11. The van der Waals surface area contributed by atoms with Gasteiger partial charge in [0.2, 0.25) is 5.91 Å². The Kier molecular flexibility index (Phi) is 7.33. The molecule has 0 saturated heterocycles. The second-order valence-electron chi connectivity index (χ2n) is 6.60. The van der Waals surface area contributed by atoms with Crippen LogP contribution < -0.4 is 14.8 Å². The first-order valence-corrected chi connectivity index (χ1v) is 10.8. The topological polar surface area (TPSA) is 65.4 Å². The molecular formula is C21H24BrN3O3S. The van der Waals surface area contributed by atoms with Crippen molar-refractivity contribution in [2.24, 2.45) is 7.05 Å². The van der Waals surface area contributed by atoms with E-state index in [-0.39, 0.29) is 5.91 Å². The highest BCUT2D eigenvalue weighted by Gasteiger charge is 2.22. The third kappa shape index (κ3) is 5.61.